The molecule has 4 nitrogen and oxygen atoms in total. The monoisotopic (exact) mass is 249 g/mol. The Bertz CT molecular complexity index is 391. The number of aromatic nitrogens is 1. The van der Waals surface area contributed by atoms with Crippen LogP contribution in [-0.2, 0) is 0 Å². The summed E-state index contributed by atoms with van der Waals surface area (Å²) in [5, 5.41) is 0. The van der Waals surface area contributed by atoms with E-state index in [1.165, 1.54) is 12.8 Å². The van der Waals surface area contributed by atoms with Gasteiger partial charge in [0.15, 0.2) is 0 Å². The van der Waals surface area contributed by atoms with Crippen molar-refractivity contribution in [3.63, 3.8) is 0 Å². The number of anilines is 2. The molecule has 18 heavy (non-hydrogen) atoms. The highest BCUT2D eigenvalue weighted by Gasteiger charge is 2.24. The molecule has 1 aliphatic rings. The van der Waals surface area contributed by atoms with Crippen molar-refractivity contribution in [2.75, 3.05) is 30.3 Å². The number of rotatable bonds is 7. The zero-order valence-corrected chi connectivity index (χ0v) is 11.4. The van der Waals surface area contributed by atoms with Gasteiger partial charge in [0.25, 0.3) is 0 Å². The molecule has 0 aromatic carbocycles. The molecule has 1 heterocycles. The number of pyridine rings is 1. The molecular formula is C14H23N3O. The molecule has 4 heteroatoms. The molecular weight excluding hydrogens is 226 g/mol. The Kier molecular flexibility index (Phi) is 4.28. The van der Waals surface area contributed by atoms with Gasteiger partial charge in [-0.05, 0) is 44.2 Å². The van der Waals surface area contributed by atoms with E-state index in [0.29, 0.717) is 18.2 Å². The molecule has 1 aromatic rings. The molecule has 0 radical (unpaired) electrons. The molecule has 100 valence electrons. The van der Waals surface area contributed by atoms with Crippen LogP contribution in [-0.4, -0.2) is 24.7 Å². The number of nitrogens with two attached hydrogens (primary N) is 1. The van der Waals surface area contributed by atoms with Crippen LogP contribution in [0.5, 0.6) is 5.88 Å². The summed E-state index contributed by atoms with van der Waals surface area (Å²) in [7, 11) is 0. The molecule has 0 atom stereocenters. The Balaban J connectivity index is 2.10. The normalized spacial score (nSPS) is 14.6. The highest BCUT2D eigenvalue weighted by molar-refractivity contribution is 5.54. The van der Waals surface area contributed by atoms with E-state index in [1.54, 1.807) is 0 Å². The number of hydrogen-bond acceptors (Lipinski definition) is 4. The first-order chi connectivity index (χ1) is 8.74. The maximum atomic E-state index is 5.88. The number of nitrogens with zero attached hydrogens (tertiary/aromatic N) is 2. The fourth-order valence-electron chi connectivity index (χ4n) is 1.93. The van der Waals surface area contributed by atoms with Crippen molar-refractivity contribution in [2.24, 2.45) is 5.92 Å². The maximum absolute atomic E-state index is 5.88. The minimum absolute atomic E-state index is 0.573. The Morgan fingerprint density at radius 2 is 2.17 bits per heavy atom. The third kappa shape index (κ3) is 3.28. The molecule has 0 unspecified atom stereocenters. The summed E-state index contributed by atoms with van der Waals surface area (Å²) >= 11 is 0. The summed E-state index contributed by atoms with van der Waals surface area (Å²) < 4.78 is 5.58. The Morgan fingerprint density at radius 1 is 1.39 bits per heavy atom. The summed E-state index contributed by atoms with van der Waals surface area (Å²) in [4.78, 5) is 6.84. The SMILES string of the molecule is CCCOc1nc(N(CC)CC2CC2)ccc1N. The zero-order chi connectivity index (χ0) is 13.0. The average Bonchev–Trinajstić information content (AvgIpc) is 3.19. The Labute approximate surface area is 109 Å². The first-order valence-electron chi connectivity index (χ1n) is 6.88. The number of hydrogen-bond donors (Lipinski definition) is 1. The van der Waals surface area contributed by atoms with Crippen LogP contribution in [0.15, 0.2) is 12.1 Å². The minimum atomic E-state index is 0.573. The van der Waals surface area contributed by atoms with Gasteiger partial charge in [-0.15, -0.1) is 0 Å². The van der Waals surface area contributed by atoms with Gasteiger partial charge in [-0.2, -0.15) is 4.98 Å². The molecule has 0 saturated heterocycles. The number of ether oxygens (including phenoxy) is 1. The van der Waals surface area contributed by atoms with Gasteiger partial charge in [0.2, 0.25) is 5.88 Å². The van der Waals surface area contributed by atoms with E-state index >= 15 is 0 Å². The van der Waals surface area contributed by atoms with E-state index in [1.807, 2.05) is 12.1 Å². The van der Waals surface area contributed by atoms with Crippen molar-refractivity contribution in [1.29, 1.82) is 0 Å². The van der Waals surface area contributed by atoms with Gasteiger partial charge in [-0.3, -0.25) is 0 Å². The van der Waals surface area contributed by atoms with Gasteiger partial charge < -0.3 is 15.4 Å². The fraction of sp³-hybridized carbons (Fsp3) is 0.643. The van der Waals surface area contributed by atoms with Crippen LogP contribution in [0.25, 0.3) is 0 Å². The standard InChI is InChI=1S/C14H23N3O/c1-3-9-18-14-12(15)7-8-13(16-14)17(4-2)10-11-5-6-11/h7-8,11H,3-6,9-10,15H2,1-2H3. The molecule has 1 fully saturated rings. The topological polar surface area (TPSA) is 51.4 Å². The molecule has 2 rings (SSSR count). The van der Waals surface area contributed by atoms with Crippen LogP contribution in [0.3, 0.4) is 0 Å². The first-order valence-corrected chi connectivity index (χ1v) is 6.88. The summed E-state index contributed by atoms with van der Waals surface area (Å²) in [6, 6.07) is 3.88. The molecule has 0 bridgehead atoms. The lowest BCUT2D eigenvalue weighted by Gasteiger charge is -2.22. The molecule has 2 N–H and O–H groups in total. The molecule has 1 aromatic heterocycles. The van der Waals surface area contributed by atoms with Crippen LogP contribution in [0, 0.1) is 5.92 Å². The van der Waals surface area contributed by atoms with Gasteiger partial charge in [0.1, 0.15) is 5.82 Å². The van der Waals surface area contributed by atoms with Crippen LogP contribution in [0.2, 0.25) is 0 Å². The molecule has 1 aliphatic carbocycles. The largest absolute Gasteiger partial charge is 0.476 e. The third-order valence-electron chi connectivity index (χ3n) is 3.20. The van der Waals surface area contributed by atoms with Crippen molar-refractivity contribution in [3.8, 4) is 5.88 Å². The predicted molar refractivity (Wildman–Crippen MR) is 75.0 cm³/mol. The van der Waals surface area contributed by atoms with Gasteiger partial charge in [0.05, 0.1) is 12.3 Å². The summed E-state index contributed by atoms with van der Waals surface area (Å²) in [5.74, 6) is 2.40. The zero-order valence-electron chi connectivity index (χ0n) is 11.4. The highest BCUT2D eigenvalue weighted by atomic mass is 16.5. The molecule has 0 amide bonds. The van der Waals surface area contributed by atoms with Crippen LogP contribution in [0.1, 0.15) is 33.1 Å². The van der Waals surface area contributed by atoms with E-state index in [4.69, 9.17) is 10.5 Å². The third-order valence-corrected chi connectivity index (χ3v) is 3.20. The fourth-order valence-corrected chi connectivity index (χ4v) is 1.93. The quantitative estimate of drug-likeness (QED) is 0.807. The van der Waals surface area contributed by atoms with Gasteiger partial charge >= 0.3 is 0 Å². The van der Waals surface area contributed by atoms with Crippen molar-refractivity contribution in [1.82, 2.24) is 4.98 Å². The van der Waals surface area contributed by atoms with Gasteiger partial charge in [0, 0.05) is 13.1 Å². The molecule has 0 spiro atoms. The van der Waals surface area contributed by atoms with E-state index < -0.39 is 0 Å². The summed E-state index contributed by atoms with van der Waals surface area (Å²) in [6.45, 7) is 6.97. The minimum Gasteiger partial charge on any atom is -0.476 e. The second kappa shape index (κ2) is 5.94. The van der Waals surface area contributed by atoms with Crippen LogP contribution in [0.4, 0.5) is 11.5 Å². The molecule has 0 aliphatic heterocycles. The Morgan fingerprint density at radius 3 is 2.78 bits per heavy atom. The lowest BCUT2D eigenvalue weighted by molar-refractivity contribution is 0.307. The molecule has 1 saturated carbocycles. The second-order valence-corrected chi connectivity index (χ2v) is 4.89. The first kappa shape index (κ1) is 13.0. The maximum Gasteiger partial charge on any atom is 0.239 e. The van der Waals surface area contributed by atoms with Gasteiger partial charge in [-0.25, -0.2) is 0 Å². The van der Waals surface area contributed by atoms with E-state index in [-0.39, 0.29) is 0 Å². The smallest absolute Gasteiger partial charge is 0.239 e. The van der Waals surface area contributed by atoms with Crippen molar-refractivity contribution in [3.05, 3.63) is 12.1 Å². The average molecular weight is 249 g/mol. The summed E-state index contributed by atoms with van der Waals surface area (Å²) in [5.41, 5.74) is 6.50. The van der Waals surface area contributed by atoms with Crippen LogP contribution >= 0.6 is 0 Å². The van der Waals surface area contributed by atoms with Crippen LogP contribution < -0.4 is 15.4 Å². The second-order valence-electron chi connectivity index (χ2n) is 4.89. The van der Waals surface area contributed by atoms with Crippen molar-refractivity contribution >= 4 is 11.5 Å². The lowest BCUT2D eigenvalue weighted by Crippen LogP contribution is -2.26. The highest BCUT2D eigenvalue weighted by Crippen LogP contribution is 2.32. The predicted octanol–water partition coefficient (Wildman–Crippen LogP) is 2.69. The Hall–Kier alpha value is -1.45. The van der Waals surface area contributed by atoms with E-state index in [0.717, 1.165) is 31.2 Å². The lowest BCUT2D eigenvalue weighted by atomic mass is 10.3. The number of nitrogen functional groups attached to an aromatic ring is 1. The van der Waals surface area contributed by atoms with Gasteiger partial charge in [-0.1, -0.05) is 6.92 Å². The van der Waals surface area contributed by atoms with E-state index in [2.05, 4.69) is 23.7 Å². The summed E-state index contributed by atoms with van der Waals surface area (Å²) in [6.07, 6.45) is 3.67. The van der Waals surface area contributed by atoms with Crippen molar-refractivity contribution < 1.29 is 4.74 Å². The van der Waals surface area contributed by atoms with E-state index in [9.17, 15) is 0 Å². The van der Waals surface area contributed by atoms with Crippen molar-refractivity contribution in [2.45, 2.75) is 33.1 Å².